The third-order valence-corrected chi connectivity index (χ3v) is 12.4. The lowest BCUT2D eigenvalue weighted by atomic mass is 9.99. The molecule has 0 aliphatic carbocycles. The van der Waals surface area contributed by atoms with Crippen LogP contribution in [0.4, 0.5) is 0 Å². The number of amidine groups is 2. The van der Waals surface area contributed by atoms with E-state index in [0.29, 0.717) is 5.84 Å². The maximum atomic E-state index is 6.65. The zero-order chi connectivity index (χ0) is 39.5. The summed E-state index contributed by atoms with van der Waals surface area (Å²) >= 11 is 0. The molecule has 0 N–H and O–H groups in total. The summed E-state index contributed by atoms with van der Waals surface area (Å²) in [5.74, 6) is 1.47. The van der Waals surface area contributed by atoms with E-state index in [1.807, 2.05) is 30.3 Å². The SMILES string of the molecule is CN1C(c2cc3c(cc2-n2c4ccccc4c4cc5ccccc5cc42)oc2ccccc23)=NC(c2ccc3oc4ccccc4c3c2)=NC1c1cccc2ccccc12. The summed E-state index contributed by atoms with van der Waals surface area (Å²) in [6.45, 7) is 0. The third-order valence-electron chi connectivity index (χ3n) is 12.4. The Morgan fingerprint density at radius 2 is 1.07 bits per heavy atom. The molecule has 6 nitrogen and oxygen atoms in total. The Hall–Kier alpha value is -7.96. The van der Waals surface area contributed by atoms with Crippen LogP contribution in [0, 0.1) is 0 Å². The van der Waals surface area contributed by atoms with Gasteiger partial charge in [-0.25, -0.2) is 9.98 Å². The molecule has 282 valence electrons. The first kappa shape index (κ1) is 33.1. The summed E-state index contributed by atoms with van der Waals surface area (Å²) in [7, 11) is 2.12. The van der Waals surface area contributed by atoms with E-state index in [0.717, 1.165) is 88.5 Å². The van der Waals surface area contributed by atoms with Crippen LogP contribution < -0.4 is 0 Å². The fraction of sp³-hybridized carbons (Fsp3) is 0.0370. The number of benzene rings is 9. The molecule has 6 heteroatoms. The van der Waals surface area contributed by atoms with Crippen LogP contribution in [0.5, 0.6) is 0 Å². The predicted octanol–water partition coefficient (Wildman–Crippen LogP) is 13.7. The molecule has 3 aromatic heterocycles. The number of para-hydroxylation sites is 3. The number of hydrogen-bond acceptors (Lipinski definition) is 5. The molecule has 4 heterocycles. The van der Waals surface area contributed by atoms with Crippen LogP contribution >= 0.6 is 0 Å². The molecular formula is C54H34N4O2. The van der Waals surface area contributed by atoms with Crippen molar-refractivity contribution in [1.29, 1.82) is 0 Å². The zero-order valence-corrected chi connectivity index (χ0v) is 32.5. The number of aliphatic imine (C=N–C) groups is 2. The minimum atomic E-state index is -0.387. The lowest BCUT2D eigenvalue weighted by Gasteiger charge is -2.34. The molecule has 1 aliphatic heterocycles. The Kier molecular flexibility index (Phi) is 6.90. The molecule has 0 saturated heterocycles. The Balaban J connectivity index is 1.13. The van der Waals surface area contributed by atoms with E-state index in [1.54, 1.807) is 0 Å². The fourth-order valence-corrected chi connectivity index (χ4v) is 9.57. The maximum absolute atomic E-state index is 6.65. The molecular weight excluding hydrogens is 737 g/mol. The molecule has 0 saturated carbocycles. The van der Waals surface area contributed by atoms with Crippen molar-refractivity contribution in [2.75, 3.05) is 7.05 Å². The first-order chi connectivity index (χ1) is 29.6. The van der Waals surface area contributed by atoms with E-state index in [4.69, 9.17) is 18.8 Å². The van der Waals surface area contributed by atoms with Crippen LogP contribution in [0.2, 0.25) is 0 Å². The molecule has 1 atom stereocenters. The van der Waals surface area contributed by atoms with E-state index in [2.05, 4.69) is 168 Å². The highest BCUT2D eigenvalue weighted by Gasteiger charge is 2.31. The first-order valence-corrected chi connectivity index (χ1v) is 20.3. The second-order valence-corrected chi connectivity index (χ2v) is 15.8. The molecule has 13 rings (SSSR count). The average molecular weight is 771 g/mol. The largest absolute Gasteiger partial charge is 0.456 e. The molecule has 12 aromatic rings. The monoisotopic (exact) mass is 770 g/mol. The van der Waals surface area contributed by atoms with Crippen LogP contribution in [0.1, 0.15) is 22.9 Å². The Morgan fingerprint density at radius 1 is 0.450 bits per heavy atom. The van der Waals surface area contributed by atoms with Crippen LogP contribution in [0.3, 0.4) is 0 Å². The molecule has 0 spiro atoms. The van der Waals surface area contributed by atoms with Crippen LogP contribution in [0.25, 0.3) is 92.9 Å². The smallest absolute Gasteiger partial charge is 0.159 e. The lowest BCUT2D eigenvalue weighted by molar-refractivity contribution is 0.385. The van der Waals surface area contributed by atoms with Gasteiger partial charge in [-0.3, -0.25) is 0 Å². The quantitative estimate of drug-likeness (QED) is 0.179. The minimum Gasteiger partial charge on any atom is -0.456 e. The second-order valence-electron chi connectivity index (χ2n) is 15.8. The van der Waals surface area contributed by atoms with Gasteiger partial charge in [0.15, 0.2) is 12.0 Å². The van der Waals surface area contributed by atoms with Gasteiger partial charge in [-0.2, -0.15) is 0 Å². The third kappa shape index (κ3) is 4.82. The predicted molar refractivity (Wildman–Crippen MR) is 247 cm³/mol. The molecule has 0 bridgehead atoms. The topological polar surface area (TPSA) is 59.2 Å². The molecule has 1 unspecified atom stereocenters. The van der Waals surface area contributed by atoms with Crippen molar-refractivity contribution in [1.82, 2.24) is 9.47 Å². The summed E-state index contributed by atoms with van der Waals surface area (Å²) in [6, 6.07) is 64.3. The highest BCUT2D eigenvalue weighted by Crippen LogP contribution is 2.41. The number of hydrogen-bond donors (Lipinski definition) is 0. The second kappa shape index (κ2) is 12.5. The van der Waals surface area contributed by atoms with Gasteiger partial charge in [-0.05, 0) is 76.1 Å². The normalized spacial score (nSPS) is 14.8. The summed E-state index contributed by atoms with van der Waals surface area (Å²) in [5, 5.41) is 11.3. The van der Waals surface area contributed by atoms with E-state index in [1.165, 1.54) is 26.9 Å². The van der Waals surface area contributed by atoms with Gasteiger partial charge in [-0.1, -0.05) is 121 Å². The van der Waals surface area contributed by atoms with Crippen LogP contribution in [-0.4, -0.2) is 28.2 Å². The van der Waals surface area contributed by atoms with Crippen LogP contribution in [-0.2, 0) is 0 Å². The first-order valence-electron chi connectivity index (χ1n) is 20.3. The molecule has 0 radical (unpaired) electrons. The summed E-state index contributed by atoms with van der Waals surface area (Å²) in [4.78, 5) is 13.4. The van der Waals surface area contributed by atoms with Gasteiger partial charge in [0.1, 0.15) is 28.2 Å². The van der Waals surface area contributed by atoms with Gasteiger partial charge in [-0.15, -0.1) is 0 Å². The minimum absolute atomic E-state index is 0.387. The summed E-state index contributed by atoms with van der Waals surface area (Å²) < 4.78 is 15.3. The fourth-order valence-electron chi connectivity index (χ4n) is 9.57. The molecule has 0 fully saturated rings. The standard InChI is InChI=1S/C54H34N4O2/c1-57-53(40-21-12-16-32-13-4-5-17-36(32)40)55-52(35-25-26-50-42(28-35)38-19-7-10-23-48(38)59-50)56-54(57)44-30-43-39-20-8-11-24-49(39)60-51(43)31-47(44)58-45-22-9-6-18-37(45)41-27-33-14-2-3-15-34(33)29-46(41)58/h2-31,53H,1H3. The molecule has 1 aliphatic rings. The summed E-state index contributed by atoms with van der Waals surface area (Å²) in [6.07, 6.45) is -0.387. The van der Waals surface area contributed by atoms with Crippen molar-refractivity contribution in [2.24, 2.45) is 9.98 Å². The number of aromatic nitrogens is 1. The Bertz CT molecular complexity index is 3820. The number of rotatable bonds is 4. The highest BCUT2D eigenvalue weighted by molar-refractivity contribution is 6.20. The molecule has 0 amide bonds. The van der Waals surface area contributed by atoms with Crippen molar-refractivity contribution < 1.29 is 8.83 Å². The van der Waals surface area contributed by atoms with Gasteiger partial charge in [0, 0.05) is 62.1 Å². The molecule has 9 aromatic carbocycles. The average Bonchev–Trinajstić information content (AvgIpc) is 3.96. The van der Waals surface area contributed by atoms with E-state index in [9.17, 15) is 0 Å². The number of fused-ring (bicyclic) bond motifs is 11. The van der Waals surface area contributed by atoms with Gasteiger partial charge < -0.3 is 18.3 Å². The number of nitrogens with zero attached hydrogens (tertiary/aromatic N) is 4. The van der Waals surface area contributed by atoms with Gasteiger partial charge in [0.2, 0.25) is 0 Å². The van der Waals surface area contributed by atoms with Crippen molar-refractivity contribution in [3.8, 4) is 5.69 Å². The van der Waals surface area contributed by atoms with Gasteiger partial charge in [0.25, 0.3) is 0 Å². The van der Waals surface area contributed by atoms with E-state index < -0.39 is 0 Å². The zero-order valence-electron chi connectivity index (χ0n) is 32.5. The summed E-state index contributed by atoms with van der Waals surface area (Å²) in [5.41, 5.74) is 9.55. The van der Waals surface area contributed by atoms with Crippen molar-refractivity contribution in [2.45, 2.75) is 6.17 Å². The van der Waals surface area contributed by atoms with Crippen molar-refractivity contribution >= 4 is 98.9 Å². The lowest BCUT2D eigenvalue weighted by Crippen LogP contribution is -2.36. The van der Waals surface area contributed by atoms with Crippen LogP contribution in [0.15, 0.2) is 201 Å². The van der Waals surface area contributed by atoms with Gasteiger partial charge >= 0.3 is 0 Å². The van der Waals surface area contributed by atoms with Crippen molar-refractivity contribution in [3.63, 3.8) is 0 Å². The van der Waals surface area contributed by atoms with E-state index in [-0.39, 0.29) is 6.17 Å². The van der Waals surface area contributed by atoms with E-state index >= 15 is 0 Å². The molecule has 60 heavy (non-hydrogen) atoms. The Labute approximate surface area is 343 Å². The van der Waals surface area contributed by atoms with Gasteiger partial charge in [0.05, 0.1) is 16.7 Å². The van der Waals surface area contributed by atoms with Crippen molar-refractivity contribution in [3.05, 3.63) is 199 Å². The highest BCUT2D eigenvalue weighted by atomic mass is 16.3. The maximum Gasteiger partial charge on any atom is 0.159 e. The Morgan fingerprint density at radius 3 is 1.87 bits per heavy atom. The number of furan rings is 2.